The molecule has 0 heterocycles. The number of ether oxygens (including phenoxy) is 1. The lowest BCUT2D eigenvalue weighted by Crippen LogP contribution is -2.10. The first-order valence-corrected chi connectivity index (χ1v) is 4.39. The second-order valence-corrected chi connectivity index (χ2v) is 3.34. The van der Waals surface area contributed by atoms with Gasteiger partial charge in [-0.25, -0.2) is 9.18 Å². The van der Waals surface area contributed by atoms with Crippen molar-refractivity contribution in [3.63, 3.8) is 0 Å². The van der Waals surface area contributed by atoms with Gasteiger partial charge in [0.1, 0.15) is 11.6 Å². The molecule has 0 fully saturated rings. The topological polar surface area (TPSA) is 72.5 Å². The van der Waals surface area contributed by atoms with Crippen LogP contribution in [-0.4, -0.2) is 17.7 Å². The van der Waals surface area contributed by atoms with Gasteiger partial charge in [0.05, 0.1) is 10.2 Å². The first-order chi connectivity index (χ1) is 6.50. The molecule has 0 aliphatic rings. The summed E-state index contributed by atoms with van der Waals surface area (Å²) in [6.07, 6.45) is 0. The molecule has 0 amide bonds. The van der Waals surface area contributed by atoms with Gasteiger partial charge >= 0.3 is 5.97 Å². The number of carbonyl (C=O) groups is 1. The minimum atomic E-state index is -1.15. The number of halogens is 2. The Balaban J connectivity index is 2.87. The van der Waals surface area contributed by atoms with E-state index < -0.39 is 18.4 Å². The third-order valence-corrected chi connectivity index (χ3v) is 2.01. The van der Waals surface area contributed by atoms with Crippen molar-refractivity contribution in [1.29, 1.82) is 0 Å². The van der Waals surface area contributed by atoms with Gasteiger partial charge in [0, 0.05) is 6.07 Å². The number of anilines is 1. The molecule has 4 nitrogen and oxygen atoms in total. The van der Waals surface area contributed by atoms with E-state index in [0.29, 0.717) is 0 Å². The summed E-state index contributed by atoms with van der Waals surface area (Å²) in [5.41, 5.74) is 5.64. The van der Waals surface area contributed by atoms with Gasteiger partial charge < -0.3 is 15.6 Å². The van der Waals surface area contributed by atoms with Crippen LogP contribution in [0.15, 0.2) is 16.6 Å². The molecule has 0 aromatic heterocycles. The second-order valence-electron chi connectivity index (χ2n) is 2.49. The van der Waals surface area contributed by atoms with Crippen LogP contribution in [0.2, 0.25) is 0 Å². The summed E-state index contributed by atoms with van der Waals surface area (Å²) < 4.78 is 17.9. The molecule has 0 unspecified atom stereocenters. The molecule has 14 heavy (non-hydrogen) atoms. The van der Waals surface area contributed by atoms with E-state index in [2.05, 4.69) is 15.9 Å². The van der Waals surface area contributed by atoms with Crippen molar-refractivity contribution in [2.75, 3.05) is 12.3 Å². The number of hydrogen-bond donors (Lipinski definition) is 2. The Morgan fingerprint density at radius 1 is 1.64 bits per heavy atom. The molecule has 0 saturated carbocycles. The number of nitrogen functional groups attached to an aromatic ring is 1. The Labute approximate surface area is 87.6 Å². The number of benzene rings is 1. The van der Waals surface area contributed by atoms with Crippen LogP contribution < -0.4 is 10.5 Å². The minimum Gasteiger partial charge on any atom is -0.480 e. The zero-order valence-electron chi connectivity index (χ0n) is 6.96. The highest BCUT2D eigenvalue weighted by atomic mass is 79.9. The van der Waals surface area contributed by atoms with Gasteiger partial charge in [-0.05, 0) is 22.0 Å². The van der Waals surface area contributed by atoms with E-state index in [9.17, 15) is 9.18 Å². The molecule has 0 radical (unpaired) electrons. The van der Waals surface area contributed by atoms with Crippen LogP contribution in [0.1, 0.15) is 0 Å². The molecular formula is C8H7BrFNO3. The Morgan fingerprint density at radius 3 is 2.86 bits per heavy atom. The fraction of sp³-hybridized carbons (Fsp3) is 0.125. The van der Waals surface area contributed by atoms with E-state index in [-0.39, 0.29) is 15.9 Å². The zero-order chi connectivity index (χ0) is 10.7. The van der Waals surface area contributed by atoms with Crippen molar-refractivity contribution in [3.05, 3.63) is 22.4 Å². The monoisotopic (exact) mass is 263 g/mol. The maximum absolute atomic E-state index is 13.0. The third kappa shape index (κ3) is 2.59. The van der Waals surface area contributed by atoms with Gasteiger partial charge in [0.15, 0.2) is 6.61 Å². The molecule has 76 valence electrons. The predicted molar refractivity (Wildman–Crippen MR) is 51.6 cm³/mol. The molecule has 0 aliphatic carbocycles. The first-order valence-electron chi connectivity index (χ1n) is 3.60. The fourth-order valence-corrected chi connectivity index (χ4v) is 1.17. The average Bonchev–Trinajstić information content (AvgIpc) is 2.09. The summed E-state index contributed by atoms with van der Waals surface area (Å²) in [5, 5.41) is 8.32. The standard InChI is InChI=1S/C8H7BrFNO3/c9-4-1-6(11)7(2-5(4)10)14-3-8(12)13/h1-2H,3,11H2,(H,12,13). The molecular weight excluding hydrogens is 257 g/mol. The van der Waals surface area contributed by atoms with Crippen molar-refractivity contribution in [2.24, 2.45) is 0 Å². The number of carboxylic acids is 1. The largest absolute Gasteiger partial charge is 0.480 e. The molecule has 0 saturated heterocycles. The second kappa shape index (κ2) is 4.28. The third-order valence-electron chi connectivity index (χ3n) is 1.40. The van der Waals surface area contributed by atoms with E-state index in [4.69, 9.17) is 15.6 Å². The van der Waals surface area contributed by atoms with Gasteiger partial charge in [0.25, 0.3) is 0 Å². The quantitative estimate of drug-likeness (QED) is 0.814. The molecule has 0 bridgehead atoms. The SMILES string of the molecule is Nc1cc(Br)c(F)cc1OCC(=O)O. The minimum absolute atomic E-state index is 0.0214. The number of carboxylic acid groups (broad SMARTS) is 1. The highest BCUT2D eigenvalue weighted by molar-refractivity contribution is 9.10. The summed E-state index contributed by atoms with van der Waals surface area (Å²) in [6, 6.07) is 2.34. The molecule has 6 heteroatoms. The molecule has 1 aromatic carbocycles. The Bertz CT molecular complexity index is 370. The van der Waals surface area contributed by atoms with Gasteiger partial charge in [-0.15, -0.1) is 0 Å². The van der Waals surface area contributed by atoms with Crippen LogP contribution in [0, 0.1) is 5.82 Å². The maximum atomic E-state index is 13.0. The van der Waals surface area contributed by atoms with Crippen molar-refractivity contribution >= 4 is 27.6 Å². The molecule has 0 spiro atoms. The van der Waals surface area contributed by atoms with Crippen molar-refractivity contribution in [2.45, 2.75) is 0 Å². The maximum Gasteiger partial charge on any atom is 0.341 e. The summed E-state index contributed by atoms with van der Waals surface area (Å²) in [4.78, 5) is 10.2. The van der Waals surface area contributed by atoms with Crippen molar-refractivity contribution in [3.8, 4) is 5.75 Å². The number of aliphatic carboxylic acids is 1. The van der Waals surface area contributed by atoms with Crippen LogP contribution in [-0.2, 0) is 4.79 Å². The van der Waals surface area contributed by atoms with Crippen LogP contribution in [0.3, 0.4) is 0 Å². The number of rotatable bonds is 3. The van der Waals surface area contributed by atoms with Crippen LogP contribution in [0.4, 0.5) is 10.1 Å². The normalized spacial score (nSPS) is 9.86. The lowest BCUT2D eigenvalue weighted by atomic mass is 10.3. The van der Waals surface area contributed by atoms with Gasteiger partial charge in [0.2, 0.25) is 0 Å². The summed E-state index contributed by atoms with van der Waals surface area (Å²) in [7, 11) is 0. The van der Waals surface area contributed by atoms with Gasteiger partial charge in [-0.1, -0.05) is 0 Å². The predicted octanol–water partition coefficient (Wildman–Crippen LogP) is 1.63. The zero-order valence-corrected chi connectivity index (χ0v) is 8.54. The average molecular weight is 264 g/mol. The smallest absolute Gasteiger partial charge is 0.341 e. The van der Waals surface area contributed by atoms with Crippen molar-refractivity contribution in [1.82, 2.24) is 0 Å². The van der Waals surface area contributed by atoms with Crippen molar-refractivity contribution < 1.29 is 19.0 Å². The van der Waals surface area contributed by atoms with E-state index in [0.717, 1.165) is 6.07 Å². The van der Waals surface area contributed by atoms with E-state index in [1.54, 1.807) is 0 Å². The molecule has 0 atom stereocenters. The number of hydrogen-bond acceptors (Lipinski definition) is 3. The lowest BCUT2D eigenvalue weighted by Gasteiger charge is -2.07. The van der Waals surface area contributed by atoms with Crippen LogP contribution >= 0.6 is 15.9 Å². The number of nitrogens with two attached hydrogens (primary N) is 1. The van der Waals surface area contributed by atoms with Gasteiger partial charge in [-0.3, -0.25) is 0 Å². The molecule has 1 rings (SSSR count). The highest BCUT2D eigenvalue weighted by Gasteiger charge is 2.08. The van der Waals surface area contributed by atoms with E-state index in [1.807, 2.05) is 0 Å². The van der Waals surface area contributed by atoms with E-state index >= 15 is 0 Å². The van der Waals surface area contributed by atoms with Gasteiger partial charge in [-0.2, -0.15) is 0 Å². The Morgan fingerprint density at radius 2 is 2.29 bits per heavy atom. The lowest BCUT2D eigenvalue weighted by molar-refractivity contribution is -0.139. The molecule has 1 aromatic rings. The first kappa shape index (κ1) is 10.8. The summed E-state index contributed by atoms with van der Waals surface area (Å²) >= 11 is 2.93. The summed E-state index contributed by atoms with van der Waals surface area (Å²) in [6.45, 7) is -0.550. The molecule has 0 aliphatic heterocycles. The van der Waals surface area contributed by atoms with E-state index in [1.165, 1.54) is 6.07 Å². The summed E-state index contributed by atoms with van der Waals surface area (Å²) in [5.74, 6) is -1.68. The van der Waals surface area contributed by atoms with Crippen LogP contribution in [0.5, 0.6) is 5.75 Å². The fourth-order valence-electron chi connectivity index (χ4n) is 0.808. The Hall–Kier alpha value is -1.30. The van der Waals surface area contributed by atoms with Crippen LogP contribution in [0.25, 0.3) is 0 Å². The molecule has 3 N–H and O–H groups in total. The Kier molecular flexibility index (Phi) is 3.29. The highest BCUT2D eigenvalue weighted by Crippen LogP contribution is 2.28.